The summed E-state index contributed by atoms with van der Waals surface area (Å²) >= 11 is 0. The maximum absolute atomic E-state index is 12.7. The van der Waals surface area contributed by atoms with Gasteiger partial charge in [-0.3, -0.25) is 4.79 Å². The van der Waals surface area contributed by atoms with Crippen molar-refractivity contribution in [3.05, 3.63) is 48.5 Å². The molecule has 2 aliphatic rings. The van der Waals surface area contributed by atoms with E-state index in [4.69, 9.17) is 14.2 Å². The number of carbonyl (C=O) groups excluding carboxylic acids is 1. The highest BCUT2D eigenvalue weighted by Gasteiger charge is 2.48. The van der Waals surface area contributed by atoms with Gasteiger partial charge in [0.15, 0.2) is 0 Å². The predicted molar refractivity (Wildman–Crippen MR) is 118 cm³/mol. The smallest absolute Gasteiger partial charge is 0.316 e. The number of epoxide rings is 1. The van der Waals surface area contributed by atoms with Crippen LogP contribution in [-0.2, 0) is 9.53 Å². The minimum Gasteiger partial charge on any atom is -0.492 e. The predicted octanol–water partition coefficient (Wildman–Crippen LogP) is 5.89. The summed E-state index contributed by atoms with van der Waals surface area (Å²) in [6.07, 6.45) is 3.80. The van der Waals surface area contributed by atoms with Crippen LogP contribution in [0.25, 0.3) is 21.5 Å². The van der Waals surface area contributed by atoms with Crippen molar-refractivity contribution >= 4 is 27.5 Å². The minimum absolute atomic E-state index is 0.210. The molecular weight excluding hydrogens is 376 g/mol. The van der Waals surface area contributed by atoms with Gasteiger partial charge in [0.2, 0.25) is 0 Å². The van der Waals surface area contributed by atoms with Crippen LogP contribution in [0.3, 0.4) is 0 Å². The molecule has 4 heteroatoms. The van der Waals surface area contributed by atoms with Gasteiger partial charge < -0.3 is 14.2 Å². The summed E-state index contributed by atoms with van der Waals surface area (Å²) in [6.45, 7) is 6.52. The molecule has 1 saturated heterocycles. The summed E-state index contributed by atoms with van der Waals surface area (Å²) in [7, 11) is 0. The van der Waals surface area contributed by atoms with Gasteiger partial charge in [-0.1, -0.05) is 43.3 Å². The van der Waals surface area contributed by atoms with Gasteiger partial charge in [0, 0.05) is 16.2 Å². The van der Waals surface area contributed by atoms with Gasteiger partial charge in [-0.15, -0.1) is 0 Å². The quantitative estimate of drug-likeness (QED) is 0.222. The third kappa shape index (κ3) is 3.43. The van der Waals surface area contributed by atoms with E-state index in [1.807, 2.05) is 45.0 Å². The molecular formula is C26H28O4. The number of hydrogen-bond donors (Lipinski definition) is 0. The molecule has 3 aromatic carbocycles. The average Bonchev–Trinajstić information content (AvgIpc) is 3.37. The molecule has 1 aliphatic carbocycles. The number of rotatable bonds is 6. The molecule has 5 rings (SSSR count). The van der Waals surface area contributed by atoms with Gasteiger partial charge in [-0.2, -0.15) is 0 Å². The molecule has 0 bridgehead atoms. The Morgan fingerprint density at radius 1 is 1.03 bits per heavy atom. The van der Waals surface area contributed by atoms with Gasteiger partial charge >= 0.3 is 5.97 Å². The highest BCUT2D eigenvalue weighted by molar-refractivity contribution is 6.07. The Balaban J connectivity index is 1.54. The topological polar surface area (TPSA) is 48.1 Å². The van der Waals surface area contributed by atoms with Crippen LogP contribution in [0, 0.1) is 11.3 Å². The van der Waals surface area contributed by atoms with E-state index in [9.17, 15) is 4.79 Å². The number of carbonyl (C=O) groups is 1. The van der Waals surface area contributed by atoms with Gasteiger partial charge in [0.25, 0.3) is 0 Å². The van der Waals surface area contributed by atoms with Gasteiger partial charge in [-0.05, 0) is 56.5 Å². The normalized spacial score (nSPS) is 22.8. The molecule has 1 heterocycles. The second-order valence-electron chi connectivity index (χ2n) is 9.27. The van der Waals surface area contributed by atoms with Crippen molar-refractivity contribution in [2.75, 3.05) is 6.61 Å². The monoisotopic (exact) mass is 404 g/mol. The van der Waals surface area contributed by atoms with E-state index in [-0.39, 0.29) is 5.97 Å². The van der Waals surface area contributed by atoms with Crippen molar-refractivity contribution in [3.63, 3.8) is 0 Å². The lowest BCUT2D eigenvalue weighted by Gasteiger charge is -2.21. The lowest BCUT2D eigenvalue weighted by atomic mass is 9.90. The fraction of sp³-hybridized carbons (Fsp3) is 0.423. The molecule has 0 aromatic heterocycles. The summed E-state index contributed by atoms with van der Waals surface area (Å²) < 4.78 is 17.9. The Labute approximate surface area is 177 Å². The van der Waals surface area contributed by atoms with Crippen molar-refractivity contribution in [2.24, 2.45) is 11.3 Å². The van der Waals surface area contributed by atoms with E-state index in [2.05, 4.69) is 24.3 Å². The molecule has 0 spiro atoms. The minimum atomic E-state index is -0.524. The van der Waals surface area contributed by atoms with Gasteiger partial charge in [0.1, 0.15) is 11.5 Å². The fourth-order valence-corrected chi connectivity index (χ4v) is 4.33. The first-order valence-corrected chi connectivity index (χ1v) is 10.9. The van der Waals surface area contributed by atoms with Crippen LogP contribution < -0.4 is 9.47 Å². The third-order valence-corrected chi connectivity index (χ3v) is 6.74. The van der Waals surface area contributed by atoms with Gasteiger partial charge in [-0.25, -0.2) is 0 Å². The second kappa shape index (κ2) is 7.28. The molecule has 3 aromatic rings. The molecule has 2 fully saturated rings. The number of esters is 1. The fourth-order valence-electron chi connectivity index (χ4n) is 4.33. The van der Waals surface area contributed by atoms with Crippen LogP contribution in [-0.4, -0.2) is 24.8 Å². The highest BCUT2D eigenvalue weighted by Crippen LogP contribution is 2.44. The maximum atomic E-state index is 12.7. The summed E-state index contributed by atoms with van der Waals surface area (Å²) in [5.41, 5.74) is -0.524. The summed E-state index contributed by atoms with van der Waals surface area (Å²) in [4.78, 5) is 12.7. The van der Waals surface area contributed by atoms with Crippen LogP contribution in [0.5, 0.6) is 11.5 Å². The molecule has 1 aliphatic heterocycles. The molecule has 0 N–H and O–H groups in total. The van der Waals surface area contributed by atoms with Crippen molar-refractivity contribution in [1.29, 1.82) is 0 Å². The SMILES string of the molecule is CCC(C)(C)C(=O)Oc1cccc2c(OCC3CC4OC4C3)c3ccccc3cc12. The number of benzene rings is 3. The van der Waals surface area contributed by atoms with Crippen LogP contribution in [0.4, 0.5) is 0 Å². The summed E-state index contributed by atoms with van der Waals surface area (Å²) in [6, 6.07) is 16.2. The lowest BCUT2D eigenvalue weighted by Crippen LogP contribution is -2.28. The molecule has 2 atom stereocenters. The van der Waals surface area contributed by atoms with Crippen molar-refractivity contribution in [2.45, 2.75) is 52.2 Å². The average molecular weight is 405 g/mol. The van der Waals surface area contributed by atoms with E-state index in [1.165, 1.54) is 0 Å². The number of fused-ring (bicyclic) bond motifs is 3. The van der Waals surface area contributed by atoms with Gasteiger partial charge in [0.05, 0.1) is 24.2 Å². The first-order chi connectivity index (χ1) is 14.5. The molecule has 0 amide bonds. The zero-order valence-corrected chi connectivity index (χ0v) is 17.8. The maximum Gasteiger partial charge on any atom is 0.316 e. The van der Waals surface area contributed by atoms with E-state index < -0.39 is 5.41 Å². The third-order valence-electron chi connectivity index (χ3n) is 6.74. The zero-order chi connectivity index (χ0) is 20.9. The van der Waals surface area contributed by atoms with Crippen LogP contribution in [0.1, 0.15) is 40.0 Å². The molecule has 4 nitrogen and oxygen atoms in total. The van der Waals surface area contributed by atoms with E-state index in [0.29, 0.717) is 30.5 Å². The highest BCUT2D eigenvalue weighted by atomic mass is 16.6. The van der Waals surface area contributed by atoms with Crippen molar-refractivity contribution in [3.8, 4) is 11.5 Å². The standard InChI is InChI=1S/C26H28O4/c1-4-26(2,3)25(27)30-21-11-7-10-19-20(21)14-17-8-5-6-9-18(17)24(19)28-15-16-12-22-23(13-16)29-22/h5-11,14,16,22-23H,4,12-13,15H2,1-3H3. The largest absolute Gasteiger partial charge is 0.492 e. The Bertz CT molecular complexity index is 1110. The van der Waals surface area contributed by atoms with Crippen molar-refractivity contribution in [1.82, 2.24) is 0 Å². The first kappa shape index (κ1) is 19.4. The van der Waals surface area contributed by atoms with Crippen molar-refractivity contribution < 1.29 is 19.0 Å². The van der Waals surface area contributed by atoms with Crippen LogP contribution >= 0.6 is 0 Å². The Kier molecular flexibility index (Phi) is 4.70. The van der Waals surface area contributed by atoms with E-state index >= 15 is 0 Å². The summed E-state index contributed by atoms with van der Waals surface area (Å²) in [5, 5.41) is 4.05. The Morgan fingerprint density at radius 2 is 1.77 bits per heavy atom. The molecule has 30 heavy (non-hydrogen) atoms. The second-order valence-corrected chi connectivity index (χ2v) is 9.27. The Morgan fingerprint density at radius 3 is 2.53 bits per heavy atom. The molecule has 156 valence electrons. The lowest BCUT2D eigenvalue weighted by molar-refractivity contribution is -0.144. The summed E-state index contributed by atoms with van der Waals surface area (Å²) in [5.74, 6) is 1.79. The number of hydrogen-bond acceptors (Lipinski definition) is 4. The van der Waals surface area contributed by atoms with E-state index in [1.54, 1.807) is 0 Å². The zero-order valence-electron chi connectivity index (χ0n) is 17.8. The molecule has 0 radical (unpaired) electrons. The number of ether oxygens (including phenoxy) is 3. The molecule has 1 saturated carbocycles. The van der Waals surface area contributed by atoms with Crippen LogP contribution in [0.2, 0.25) is 0 Å². The Hall–Kier alpha value is -2.59. The first-order valence-electron chi connectivity index (χ1n) is 10.9. The van der Waals surface area contributed by atoms with E-state index in [0.717, 1.165) is 46.6 Å². The van der Waals surface area contributed by atoms with Crippen LogP contribution in [0.15, 0.2) is 48.5 Å². The molecule has 2 unspecified atom stereocenters.